The molecule has 1 unspecified atom stereocenters. The van der Waals surface area contributed by atoms with Crippen molar-refractivity contribution in [3.8, 4) is 0 Å². The molecule has 0 aromatic rings. The topological polar surface area (TPSA) is 40.5 Å². The van der Waals surface area contributed by atoms with E-state index in [4.69, 9.17) is 5.11 Å². The molecule has 0 spiro atoms. The molecule has 0 bridgehead atoms. The second kappa shape index (κ2) is 5.40. The maximum Gasteiger partial charge on any atom is 0.317 e. The van der Waals surface area contributed by atoms with Crippen LogP contribution in [0.5, 0.6) is 0 Å². The second-order valence-electron chi connectivity index (χ2n) is 4.28. The van der Waals surface area contributed by atoms with Crippen molar-refractivity contribution in [3.05, 3.63) is 24.3 Å². The molecule has 0 saturated carbocycles. The van der Waals surface area contributed by atoms with Crippen LogP contribution in [0.2, 0.25) is 0 Å². The molecule has 1 saturated heterocycles. The normalized spacial score (nSPS) is 25.0. The van der Waals surface area contributed by atoms with Crippen LogP contribution in [0, 0.1) is 5.92 Å². The number of alkyl halides is 2. The summed E-state index contributed by atoms with van der Waals surface area (Å²) in [5.41, 5.74) is 0.410. The number of hydrogen-bond donors (Lipinski definition) is 1. The lowest BCUT2D eigenvalue weighted by atomic mass is 9.86. The number of allylic oxidation sites excluding steroid dienone is 3. The van der Waals surface area contributed by atoms with Gasteiger partial charge in [0.25, 0.3) is 5.92 Å². The number of halogens is 2. The highest BCUT2D eigenvalue weighted by Crippen LogP contribution is 2.37. The Morgan fingerprint density at radius 2 is 2.29 bits per heavy atom. The van der Waals surface area contributed by atoms with Crippen molar-refractivity contribution < 1.29 is 18.7 Å². The van der Waals surface area contributed by atoms with Crippen molar-refractivity contribution in [3.63, 3.8) is 0 Å². The van der Waals surface area contributed by atoms with Crippen molar-refractivity contribution in [2.24, 2.45) is 5.92 Å². The van der Waals surface area contributed by atoms with E-state index in [0.29, 0.717) is 12.1 Å². The molecule has 0 aromatic heterocycles. The predicted molar refractivity (Wildman–Crippen MR) is 61.1 cm³/mol. The van der Waals surface area contributed by atoms with Crippen LogP contribution in [0.4, 0.5) is 8.78 Å². The summed E-state index contributed by atoms with van der Waals surface area (Å²) in [4.78, 5) is 11.7. The van der Waals surface area contributed by atoms with E-state index in [1.165, 1.54) is 4.90 Å². The molecule has 0 aromatic carbocycles. The Kier molecular flexibility index (Phi) is 4.40. The van der Waals surface area contributed by atoms with Gasteiger partial charge in [-0.25, -0.2) is 8.78 Å². The maximum atomic E-state index is 13.8. The SMILES string of the molecule is C=C(/C=C\C)C1CCN(CC(=O)O)CC1(F)F. The van der Waals surface area contributed by atoms with Gasteiger partial charge < -0.3 is 5.11 Å². The van der Waals surface area contributed by atoms with Crippen molar-refractivity contribution in [2.75, 3.05) is 19.6 Å². The zero-order chi connectivity index (χ0) is 13.1. The summed E-state index contributed by atoms with van der Waals surface area (Å²) in [7, 11) is 0. The molecule has 0 amide bonds. The van der Waals surface area contributed by atoms with Gasteiger partial charge >= 0.3 is 5.97 Å². The van der Waals surface area contributed by atoms with Crippen LogP contribution in [-0.2, 0) is 4.79 Å². The number of aliphatic carboxylic acids is 1. The molecule has 1 aliphatic heterocycles. The lowest BCUT2D eigenvalue weighted by molar-refractivity contribution is -0.143. The van der Waals surface area contributed by atoms with E-state index < -0.39 is 24.4 Å². The third-order valence-corrected chi connectivity index (χ3v) is 2.87. The molecule has 1 rings (SSSR count). The Labute approximate surface area is 99.4 Å². The van der Waals surface area contributed by atoms with Crippen LogP contribution < -0.4 is 0 Å². The van der Waals surface area contributed by atoms with Crippen molar-refractivity contribution in [1.82, 2.24) is 4.90 Å². The average Bonchev–Trinajstić information content (AvgIpc) is 2.15. The van der Waals surface area contributed by atoms with Gasteiger partial charge in [0.1, 0.15) is 0 Å². The fraction of sp³-hybridized carbons (Fsp3) is 0.583. The monoisotopic (exact) mass is 245 g/mol. The summed E-state index contributed by atoms with van der Waals surface area (Å²) in [6.45, 7) is 4.92. The summed E-state index contributed by atoms with van der Waals surface area (Å²) < 4.78 is 27.6. The molecule has 1 heterocycles. The molecular formula is C12H17F2NO2. The predicted octanol–water partition coefficient (Wildman–Crippen LogP) is 2.16. The Morgan fingerprint density at radius 3 is 2.76 bits per heavy atom. The van der Waals surface area contributed by atoms with E-state index in [2.05, 4.69) is 6.58 Å². The van der Waals surface area contributed by atoms with Crippen LogP contribution in [0.1, 0.15) is 13.3 Å². The zero-order valence-corrected chi connectivity index (χ0v) is 9.83. The molecule has 1 fully saturated rings. The molecule has 1 aliphatic rings. The average molecular weight is 245 g/mol. The summed E-state index contributed by atoms with van der Waals surface area (Å²) in [6.07, 6.45) is 3.51. The van der Waals surface area contributed by atoms with E-state index in [9.17, 15) is 13.6 Å². The Morgan fingerprint density at radius 1 is 1.65 bits per heavy atom. The van der Waals surface area contributed by atoms with Crippen LogP contribution >= 0.6 is 0 Å². The Hall–Kier alpha value is -1.23. The van der Waals surface area contributed by atoms with E-state index >= 15 is 0 Å². The number of nitrogens with zero attached hydrogens (tertiary/aromatic N) is 1. The molecule has 0 radical (unpaired) electrons. The summed E-state index contributed by atoms with van der Waals surface area (Å²) >= 11 is 0. The minimum atomic E-state index is -2.91. The molecule has 3 nitrogen and oxygen atoms in total. The van der Waals surface area contributed by atoms with Gasteiger partial charge in [0.2, 0.25) is 0 Å². The molecule has 1 N–H and O–H groups in total. The zero-order valence-electron chi connectivity index (χ0n) is 9.83. The lowest BCUT2D eigenvalue weighted by Gasteiger charge is -2.38. The van der Waals surface area contributed by atoms with E-state index in [1.807, 2.05) is 0 Å². The van der Waals surface area contributed by atoms with Crippen molar-refractivity contribution >= 4 is 5.97 Å². The van der Waals surface area contributed by atoms with E-state index in [0.717, 1.165) is 0 Å². The second-order valence-corrected chi connectivity index (χ2v) is 4.28. The number of carbonyl (C=O) groups is 1. The highest BCUT2D eigenvalue weighted by molar-refractivity contribution is 5.69. The highest BCUT2D eigenvalue weighted by Gasteiger charge is 2.45. The smallest absolute Gasteiger partial charge is 0.317 e. The van der Waals surface area contributed by atoms with Gasteiger partial charge in [-0.2, -0.15) is 0 Å². The minimum absolute atomic E-state index is 0.240. The fourth-order valence-electron chi connectivity index (χ4n) is 2.12. The van der Waals surface area contributed by atoms with Gasteiger partial charge in [0.15, 0.2) is 0 Å². The number of piperidine rings is 1. The fourth-order valence-corrected chi connectivity index (χ4v) is 2.12. The van der Waals surface area contributed by atoms with Gasteiger partial charge in [-0.3, -0.25) is 9.69 Å². The minimum Gasteiger partial charge on any atom is -0.480 e. The molecule has 17 heavy (non-hydrogen) atoms. The van der Waals surface area contributed by atoms with Gasteiger partial charge in [-0.1, -0.05) is 18.7 Å². The van der Waals surface area contributed by atoms with E-state index in [-0.39, 0.29) is 13.0 Å². The largest absolute Gasteiger partial charge is 0.480 e. The summed E-state index contributed by atoms with van der Waals surface area (Å²) in [5, 5.41) is 8.58. The molecule has 96 valence electrons. The summed E-state index contributed by atoms with van der Waals surface area (Å²) in [6, 6.07) is 0. The van der Waals surface area contributed by atoms with Crippen LogP contribution in [0.25, 0.3) is 0 Å². The first-order valence-electron chi connectivity index (χ1n) is 5.50. The third-order valence-electron chi connectivity index (χ3n) is 2.87. The first kappa shape index (κ1) is 13.8. The first-order valence-corrected chi connectivity index (χ1v) is 5.50. The van der Waals surface area contributed by atoms with Crippen molar-refractivity contribution in [2.45, 2.75) is 19.3 Å². The molecule has 5 heteroatoms. The Bertz CT molecular complexity index is 339. The lowest BCUT2D eigenvalue weighted by Crippen LogP contribution is -2.50. The quantitative estimate of drug-likeness (QED) is 0.772. The van der Waals surface area contributed by atoms with Crippen LogP contribution in [0.3, 0.4) is 0 Å². The molecular weight excluding hydrogens is 228 g/mol. The van der Waals surface area contributed by atoms with Crippen LogP contribution in [0.15, 0.2) is 24.3 Å². The number of carboxylic acids is 1. The highest BCUT2D eigenvalue weighted by atomic mass is 19.3. The van der Waals surface area contributed by atoms with Crippen LogP contribution in [-0.4, -0.2) is 41.5 Å². The van der Waals surface area contributed by atoms with Gasteiger partial charge in [0, 0.05) is 5.92 Å². The standard InChI is InChI=1S/C12H17F2NO2/c1-3-4-9(2)10-5-6-15(7-11(16)17)8-12(10,13)14/h3-4,10H,2,5-8H2,1H3,(H,16,17)/b4-3-. The third kappa shape index (κ3) is 3.63. The molecule has 0 aliphatic carbocycles. The number of hydrogen-bond acceptors (Lipinski definition) is 2. The first-order chi connectivity index (χ1) is 7.86. The van der Waals surface area contributed by atoms with Gasteiger partial charge in [0.05, 0.1) is 13.1 Å². The number of rotatable bonds is 4. The van der Waals surface area contributed by atoms with Gasteiger partial charge in [-0.15, -0.1) is 0 Å². The summed E-state index contributed by atoms with van der Waals surface area (Å²) in [5.74, 6) is -4.88. The molecule has 1 atom stereocenters. The Balaban J connectivity index is 2.69. The maximum absolute atomic E-state index is 13.8. The number of likely N-dealkylation sites (tertiary alicyclic amines) is 1. The van der Waals surface area contributed by atoms with E-state index in [1.54, 1.807) is 19.1 Å². The number of carboxylic acid groups (broad SMARTS) is 1. The van der Waals surface area contributed by atoms with Crippen molar-refractivity contribution in [1.29, 1.82) is 0 Å². The van der Waals surface area contributed by atoms with Gasteiger partial charge in [-0.05, 0) is 25.5 Å².